The van der Waals surface area contributed by atoms with Crippen molar-refractivity contribution in [1.29, 1.82) is 0 Å². The molecule has 0 saturated heterocycles. The molecule has 1 aliphatic carbocycles. The number of benzene rings is 1. The van der Waals surface area contributed by atoms with Crippen molar-refractivity contribution < 1.29 is 4.79 Å². The summed E-state index contributed by atoms with van der Waals surface area (Å²) >= 11 is 1.43. The molecule has 0 aliphatic heterocycles. The summed E-state index contributed by atoms with van der Waals surface area (Å²) in [7, 11) is 1.95. The molecule has 2 heterocycles. The Labute approximate surface area is 156 Å². The van der Waals surface area contributed by atoms with Crippen molar-refractivity contribution >= 4 is 32.6 Å². The zero-order valence-corrected chi connectivity index (χ0v) is 16.4. The number of anilines is 1. The Kier molecular flexibility index (Phi) is 3.99. The average Bonchev–Trinajstić information content (AvgIpc) is 3.30. The van der Waals surface area contributed by atoms with Gasteiger partial charge in [-0.25, -0.2) is 4.98 Å². The zero-order chi connectivity index (χ0) is 18.6. The van der Waals surface area contributed by atoms with Crippen molar-refractivity contribution in [3.63, 3.8) is 0 Å². The third-order valence-corrected chi connectivity index (χ3v) is 6.02. The molecule has 7 heteroatoms. The van der Waals surface area contributed by atoms with Crippen molar-refractivity contribution in [3.8, 4) is 0 Å². The first-order chi connectivity index (χ1) is 12.3. The highest BCUT2D eigenvalue weighted by molar-refractivity contribution is 7.22. The molecule has 26 heavy (non-hydrogen) atoms. The number of aromatic nitrogens is 3. The summed E-state index contributed by atoms with van der Waals surface area (Å²) in [5, 5.41) is 5.03. The molecule has 2 aromatic heterocycles. The summed E-state index contributed by atoms with van der Waals surface area (Å²) in [6.45, 7) is 6.65. The van der Waals surface area contributed by atoms with Gasteiger partial charge in [0.1, 0.15) is 0 Å². The Hall–Kier alpha value is -2.41. The number of rotatable bonds is 4. The van der Waals surface area contributed by atoms with Gasteiger partial charge in [-0.05, 0) is 51.3 Å². The molecule has 1 aliphatic rings. The molecular formula is C19H23N5OS. The van der Waals surface area contributed by atoms with E-state index in [1.165, 1.54) is 11.3 Å². The lowest BCUT2D eigenvalue weighted by Gasteiger charge is -2.23. The Morgan fingerprint density at radius 1 is 1.35 bits per heavy atom. The highest BCUT2D eigenvalue weighted by Crippen LogP contribution is 2.33. The van der Waals surface area contributed by atoms with E-state index >= 15 is 0 Å². The molecule has 0 radical (unpaired) electrons. The predicted octanol–water partition coefficient (Wildman–Crippen LogP) is 3.34. The van der Waals surface area contributed by atoms with Gasteiger partial charge in [0.2, 0.25) is 0 Å². The largest absolute Gasteiger partial charge is 0.375 e. The minimum atomic E-state index is 0.0760. The van der Waals surface area contributed by atoms with Gasteiger partial charge in [-0.15, -0.1) is 0 Å². The Bertz CT molecular complexity index is 1010. The number of nitrogens with two attached hydrogens (primary N) is 1. The molecule has 1 amide bonds. The smallest absolute Gasteiger partial charge is 0.254 e. The van der Waals surface area contributed by atoms with E-state index in [1.54, 1.807) is 0 Å². The number of hydrogen-bond donors (Lipinski definition) is 1. The van der Waals surface area contributed by atoms with Gasteiger partial charge in [-0.1, -0.05) is 11.3 Å². The summed E-state index contributed by atoms with van der Waals surface area (Å²) in [5.41, 5.74) is 11.7. The second-order valence-corrected chi connectivity index (χ2v) is 8.19. The van der Waals surface area contributed by atoms with Gasteiger partial charge in [0.25, 0.3) is 5.91 Å². The van der Waals surface area contributed by atoms with Crippen LogP contribution in [0.25, 0.3) is 10.2 Å². The molecule has 0 atom stereocenters. The van der Waals surface area contributed by atoms with Crippen LogP contribution in [0.4, 0.5) is 5.13 Å². The van der Waals surface area contributed by atoms with Gasteiger partial charge in [0, 0.05) is 36.5 Å². The molecule has 0 unspecified atom stereocenters. The Balaban J connectivity index is 1.70. The summed E-state index contributed by atoms with van der Waals surface area (Å²) in [6.07, 6.45) is 2.14. The molecule has 1 aromatic carbocycles. The van der Waals surface area contributed by atoms with E-state index in [1.807, 2.05) is 42.6 Å². The van der Waals surface area contributed by atoms with Crippen molar-refractivity contribution in [2.45, 2.75) is 46.2 Å². The topological polar surface area (TPSA) is 77.0 Å². The first-order valence-electron chi connectivity index (χ1n) is 8.82. The Morgan fingerprint density at radius 3 is 2.69 bits per heavy atom. The number of hydrogen-bond acceptors (Lipinski definition) is 5. The number of carbonyl (C=O) groups is 1. The monoisotopic (exact) mass is 369 g/mol. The van der Waals surface area contributed by atoms with Crippen molar-refractivity contribution in [3.05, 3.63) is 40.2 Å². The van der Waals surface area contributed by atoms with Crippen LogP contribution < -0.4 is 5.73 Å². The maximum Gasteiger partial charge on any atom is 0.254 e. The number of amides is 1. The van der Waals surface area contributed by atoms with E-state index < -0.39 is 0 Å². The number of carbonyl (C=O) groups excluding carboxylic acids is 1. The molecule has 3 aromatic rings. The summed E-state index contributed by atoms with van der Waals surface area (Å²) < 4.78 is 2.85. The molecule has 6 nitrogen and oxygen atoms in total. The maximum atomic E-state index is 13.3. The van der Waals surface area contributed by atoms with Gasteiger partial charge < -0.3 is 10.6 Å². The van der Waals surface area contributed by atoms with E-state index in [4.69, 9.17) is 5.73 Å². The lowest BCUT2D eigenvalue weighted by molar-refractivity contribution is 0.0729. The first kappa shape index (κ1) is 17.0. The Morgan fingerprint density at radius 2 is 2.08 bits per heavy atom. The molecule has 0 spiro atoms. The number of aryl methyl sites for hydroxylation is 3. The highest BCUT2D eigenvalue weighted by Gasteiger charge is 2.34. The molecule has 1 fully saturated rings. The van der Waals surface area contributed by atoms with Crippen molar-refractivity contribution in [2.75, 3.05) is 5.73 Å². The lowest BCUT2D eigenvalue weighted by atomic mass is 10.1. The SMILES string of the molecule is Cc1nn(C)c(C)c1CN(C(=O)c1cc(C)c2nc(N)sc2c1)C1CC1. The van der Waals surface area contributed by atoms with E-state index in [9.17, 15) is 4.79 Å². The van der Waals surface area contributed by atoms with Crippen LogP contribution in [0.3, 0.4) is 0 Å². The lowest BCUT2D eigenvalue weighted by Crippen LogP contribution is -2.33. The number of nitrogens with zero attached hydrogens (tertiary/aromatic N) is 4. The van der Waals surface area contributed by atoms with Gasteiger partial charge in [-0.3, -0.25) is 9.48 Å². The van der Waals surface area contributed by atoms with Crippen LogP contribution in [0.5, 0.6) is 0 Å². The van der Waals surface area contributed by atoms with Gasteiger partial charge in [0.15, 0.2) is 5.13 Å². The molecular weight excluding hydrogens is 346 g/mol. The van der Waals surface area contributed by atoms with Gasteiger partial charge in [-0.2, -0.15) is 5.10 Å². The fourth-order valence-electron chi connectivity index (χ4n) is 3.47. The van der Waals surface area contributed by atoms with Gasteiger partial charge in [0.05, 0.1) is 15.9 Å². The van der Waals surface area contributed by atoms with Crippen LogP contribution in [0.15, 0.2) is 12.1 Å². The first-order valence-corrected chi connectivity index (χ1v) is 9.63. The van der Waals surface area contributed by atoms with Crippen LogP contribution in [-0.2, 0) is 13.6 Å². The van der Waals surface area contributed by atoms with E-state index in [0.717, 1.165) is 45.6 Å². The molecule has 136 valence electrons. The minimum absolute atomic E-state index is 0.0760. The second kappa shape index (κ2) is 6.09. The molecule has 1 saturated carbocycles. The van der Waals surface area contributed by atoms with Crippen LogP contribution in [0.2, 0.25) is 0 Å². The van der Waals surface area contributed by atoms with E-state index in [0.29, 0.717) is 23.3 Å². The number of fused-ring (bicyclic) bond motifs is 1. The quantitative estimate of drug-likeness (QED) is 0.765. The van der Waals surface area contributed by atoms with Crippen molar-refractivity contribution in [2.24, 2.45) is 7.05 Å². The third-order valence-electron chi connectivity index (χ3n) is 5.18. The standard InChI is InChI=1S/C19H23N5OS/c1-10-7-13(8-16-17(10)21-19(20)26-16)18(25)24(14-5-6-14)9-15-11(2)22-23(4)12(15)3/h7-8,14H,5-6,9H2,1-4H3,(H2,20,21). The van der Waals surface area contributed by atoms with Gasteiger partial charge >= 0.3 is 0 Å². The normalized spacial score (nSPS) is 14.2. The zero-order valence-electron chi connectivity index (χ0n) is 15.5. The minimum Gasteiger partial charge on any atom is -0.375 e. The molecule has 4 rings (SSSR count). The van der Waals surface area contributed by atoms with E-state index in [2.05, 4.69) is 17.0 Å². The van der Waals surface area contributed by atoms with Crippen LogP contribution >= 0.6 is 11.3 Å². The summed E-state index contributed by atoms with van der Waals surface area (Å²) in [4.78, 5) is 19.7. The third kappa shape index (κ3) is 2.86. The second-order valence-electron chi connectivity index (χ2n) is 7.13. The summed E-state index contributed by atoms with van der Waals surface area (Å²) in [5.74, 6) is 0.0760. The fourth-order valence-corrected chi connectivity index (χ4v) is 4.32. The molecule has 0 bridgehead atoms. The highest BCUT2D eigenvalue weighted by atomic mass is 32.1. The fraction of sp³-hybridized carbons (Fsp3) is 0.421. The molecule has 2 N–H and O–H groups in total. The average molecular weight is 369 g/mol. The van der Waals surface area contributed by atoms with Crippen LogP contribution in [0, 0.1) is 20.8 Å². The van der Waals surface area contributed by atoms with E-state index in [-0.39, 0.29) is 5.91 Å². The van der Waals surface area contributed by atoms with Crippen LogP contribution in [-0.4, -0.2) is 31.6 Å². The number of thiazole rings is 1. The number of nitrogen functional groups attached to an aromatic ring is 1. The maximum absolute atomic E-state index is 13.3. The summed E-state index contributed by atoms with van der Waals surface area (Å²) in [6, 6.07) is 4.18. The van der Waals surface area contributed by atoms with Crippen LogP contribution in [0.1, 0.15) is 45.7 Å². The predicted molar refractivity (Wildman–Crippen MR) is 104 cm³/mol. The van der Waals surface area contributed by atoms with Crippen molar-refractivity contribution in [1.82, 2.24) is 19.7 Å².